The van der Waals surface area contributed by atoms with Crippen LogP contribution in [0.15, 0.2) is 54.6 Å². The van der Waals surface area contributed by atoms with Gasteiger partial charge in [-0.25, -0.2) is 4.79 Å². The molecule has 0 saturated heterocycles. The van der Waals surface area contributed by atoms with Crippen LogP contribution in [0.2, 0.25) is 5.02 Å². The van der Waals surface area contributed by atoms with E-state index < -0.39 is 5.97 Å². The zero-order chi connectivity index (χ0) is 14.4. The van der Waals surface area contributed by atoms with Gasteiger partial charge in [0.25, 0.3) is 0 Å². The molecule has 0 spiro atoms. The van der Waals surface area contributed by atoms with E-state index >= 15 is 0 Å². The van der Waals surface area contributed by atoms with E-state index in [2.05, 4.69) is 0 Å². The van der Waals surface area contributed by atoms with Gasteiger partial charge < -0.3 is 9.84 Å². The smallest absolute Gasteiger partial charge is 0.328 e. The molecule has 20 heavy (non-hydrogen) atoms. The molecule has 0 aromatic heterocycles. The largest absolute Gasteiger partial charge is 0.489 e. The van der Waals surface area contributed by atoms with Crippen LogP contribution in [0.1, 0.15) is 11.1 Å². The minimum atomic E-state index is -0.966. The molecule has 0 atom stereocenters. The number of hydrogen-bond acceptors (Lipinski definition) is 2. The standard InChI is InChI=1S/C16H13ClO3/c17-14-3-1-2-13(10-14)11-20-15-7-4-12(5-8-15)6-9-16(18)19/h1-10H,11H2,(H,18,19). The second kappa shape index (κ2) is 6.78. The van der Waals surface area contributed by atoms with Gasteiger partial charge in [0.05, 0.1) is 0 Å². The lowest BCUT2D eigenvalue weighted by Gasteiger charge is -2.06. The number of aliphatic carboxylic acids is 1. The normalized spacial score (nSPS) is 10.7. The number of halogens is 1. The summed E-state index contributed by atoms with van der Waals surface area (Å²) >= 11 is 5.90. The molecule has 2 rings (SSSR count). The molecule has 0 aliphatic carbocycles. The fraction of sp³-hybridized carbons (Fsp3) is 0.0625. The minimum Gasteiger partial charge on any atom is -0.489 e. The van der Waals surface area contributed by atoms with Gasteiger partial charge in [0.15, 0.2) is 0 Å². The van der Waals surface area contributed by atoms with Gasteiger partial charge in [-0.15, -0.1) is 0 Å². The van der Waals surface area contributed by atoms with Gasteiger partial charge >= 0.3 is 5.97 Å². The van der Waals surface area contributed by atoms with Crippen molar-refractivity contribution in [3.8, 4) is 5.75 Å². The Hall–Kier alpha value is -2.26. The van der Waals surface area contributed by atoms with Crippen molar-refractivity contribution in [3.05, 3.63) is 70.8 Å². The Labute approximate surface area is 122 Å². The summed E-state index contributed by atoms with van der Waals surface area (Å²) in [6.45, 7) is 0.435. The number of carbonyl (C=O) groups is 1. The van der Waals surface area contributed by atoms with Crippen LogP contribution in [-0.2, 0) is 11.4 Å². The maximum atomic E-state index is 10.4. The first-order chi connectivity index (χ1) is 9.63. The van der Waals surface area contributed by atoms with E-state index in [1.807, 2.05) is 24.3 Å². The lowest BCUT2D eigenvalue weighted by molar-refractivity contribution is -0.131. The van der Waals surface area contributed by atoms with E-state index in [1.165, 1.54) is 6.08 Å². The molecule has 0 aliphatic rings. The third kappa shape index (κ3) is 4.44. The molecule has 0 aliphatic heterocycles. The van der Waals surface area contributed by atoms with Crippen molar-refractivity contribution in [3.63, 3.8) is 0 Å². The minimum absolute atomic E-state index is 0.435. The third-order valence-electron chi connectivity index (χ3n) is 2.59. The van der Waals surface area contributed by atoms with Gasteiger partial charge in [-0.3, -0.25) is 0 Å². The van der Waals surface area contributed by atoms with Crippen molar-refractivity contribution in [2.75, 3.05) is 0 Å². The van der Waals surface area contributed by atoms with Gasteiger partial charge in [0, 0.05) is 11.1 Å². The Kier molecular flexibility index (Phi) is 4.80. The van der Waals surface area contributed by atoms with Crippen LogP contribution in [0.25, 0.3) is 6.08 Å². The highest BCUT2D eigenvalue weighted by molar-refractivity contribution is 6.30. The second-order valence-electron chi connectivity index (χ2n) is 4.16. The van der Waals surface area contributed by atoms with Crippen LogP contribution in [-0.4, -0.2) is 11.1 Å². The predicted molar refractivity (Wildman–Crippen MR) is 78.9 cm³/mol. The summed E-state index contributed by atoms with van der Waals surface area (Å²) in [6.07, 6.45) is 2.63. The number of carboxylic acids is 1. The van der Waals surface area contributed by atoms with Crippen molar-refractivity contribution in [1.29, 1.82) is 0 Å². The topological polar surface area (TPSA) is 46.5 Å². The molecule has 2 aromatic rings. The van der Waals surface area contributed by atoms with Gasteiger partial charge in [0.2, 0.25) is 0 Å². The summed E-state index contributed by atoms with van der Waals surface area (Å²) in [4.78, 5) is 10.4. The molecule has 0 amide bonds. The molecular formula is C16H13ClO3. The van der Waals surface area contributed by atoms with Gasteiger partial charge in [-0.1, -0.05) is 35.9 Å². The monoisotopic (exact) mass is 288 g/mol. The zero-order valence-electron chi connectivity index (χ0n) is 10.6. The van der Waals surface area contributed by atoms with Crippen molar-refractivity contribution in [2.45, 2.75) is 6.61 Å². The summed E-state index contributed by atoms with van der Waals surface area (Å²) in [5, 5.41) is 9.22. The van der Waals surface area contributed by atoms with Crippen LogP contribution in [0, 0.1) is 0 Å². The number of carboxylic acid groups (broad SMARTS) is 1. The molecule has 0 unspecified atom stereocenters. The van der Waals surface area contributed by atoms with Gasteiger partial charge in [-0.05, 0) is 41.5 Å². The lowest BCUT2D eigenvalue weighted by Crippen LogP contribution is -1.95. The highest BCUT2D eigenvalue weighted by Gasteiger charge is 1.97. The molecule has 0 fully saturated rings. The summed E-state index contributed by atoms with van der Waals surface area (Å²) in [7, 11) is 0. The first-order valence-corrected chi connectivity index (χ1v) is 6.39. The molecule has 1 N–H and O–H groups in total. The van der Waals surface area contributed by atoms with E-state index in [0.717, 1.165) is 23.0 Å². The molecule has 2 aromatic carbocycles. The van der Waals surface area contributed by atoms with Crippen molar-refractivity contribution in [1.82, 2.24) is 0 Å². The van der Waals surface area contributed by atoms with Crippen molar-refractivity contribution < 1.29 is 14.6 Å². The highest BCUT2D eigenvalue weighted by Crippen LogP contribution is 2.16. The average Bonchev–Trinajstić information content (AvgIpc) is 2.44. The van der Waals surface area contributed by atoms with Crippen LogP contribution in [0.4, 0.5) is 0 Å². The average molecular weight is 289 g/mol. The fourth-order valence-corrected chi connectivity index (χ4v) is 1.85. The maximum Gasteiger partial charge on any atom is 0.328 e. The van der Waals surface area contributed by atoms with E-state index in [4.69, 9.17) is 21.4 Å². The highest BCUT2D eigenvalue weighted by atomic mass is 35.5. The van der Waals surface area contributed by atoms with E-state index in [9.17, 15) is 4.79 Å². The molecule has 0 bridgehead atoms. The number of hydrogen-bond donors (Lipinski definition) is 1. The SMILES string of the molecule is O=C(O)C=Cc1ccc(OCc2cccc(Cl)c2)cc1. The van der Waals surface area contributed by atoms with E-state index in [1.54, 1.807) is 24.3 Å². The predicted octanol–water partition coefficient (Wildman–Crippen LogP) is 4.02. The number of rotatable bonds is 5. The van der Waals surface area contributed by atoms with Crippen molar-refractivity contribution >= 4 is 23.6 Å². The Bertz CT molecular complexity index is 618. The van der Waals surface area contributed by atoms with Crippen LogP contribution in [0.3, 0.4) is 0 Å². The lowest BCUT2D eigenvalue weighted by atomic mass is 10.2. The Morgan fingerprint density at radius 3 is 2.60 bits per heavy atom. The van der Waals surface area contributed by atoms with Crippen molar-refractivity contribution in [2.24, 2.45) is 0 Å². The van der Waals surface area contributed by atoms with E-state index in [-0.39, 0.29) is 0 Å². The van der Waals surface area contributed by atoms with Crippen LogP contribution in [0.5, 0.6) is 5.75 Å². The van der Waals surface area contributed by atoms with Gasteiger partial charge in [-0.2, -0.15) is 0 Å². The Morgan fingerprint density at radius 2 is 1.95 bits per heavy atom. The third-order valence-corrected chi connectivity index (χ3v) is 2.83. The summed E-state index contributed by atoms with van der Waals surface area (Å²) in [5.41, 5.74) is 1.80. The summed E-state index contributed by atoms with van der Waals surface area (Å²) in [5.74, 6) is -0.247. The molecule has 4 heteroatoms. The van der Waals surface area contributed by atoms with Crippen LogP contribution < -0.4 is 4.74 Å². The molecule has 3 nitrogen and oxygen atoms in total. The summed E-state index contributed by atoms with van der Waals surface area (Å²) < 4.78 is 5.63. The Morgan fingerprint density at radius 1 is 1.20 bits per heavy atom. The number of ether oxygens (including phenoxy) is 1. The second-order valence-corrected chi connectivity index (χ2v) is 4.60. The fourth-order valence-electron chi connectivity index (χ4n) is 1.64. The molecule has 102 valence electrons. The summed E-state index contributed by atoms with van der Waals surface area (Å²) in [6, 6.07) is 14.7. The molecule has 0 saturated carbocycles. The maximum absolute atomic E-state index is 10.4. The first-order valence-electron chi connectivity index (χ1n) is 6.02. The van der Waals surface area contributed by atoms with Crippen LogP contribution >= 0.6 is 11.6 Å². The molecule has 0 heterocycles. The van der Waals surface area contributed by atoms with E-state index in [0.29, 0.717) is 11.6 Å². The molecule has 0 radical (unpaired) electrons. The quantitative estimate of drug-likeness (QED) is 0.845. The Balaban J connectivity index is 1.95. The zero-order valence-corrected chi connectivity index (χ0v) is 11.4. The molecular weight excluding hydrogens is 276 g/mol. The number of benzene rings is 2. The van der Waals surface area contributed by atoms with Gasteiger partial charge in [0.1, 0.15) is 12.4 Å². The first kappa shape index (κ1) is 14.2.